The lowest BCUT2D eigenvalue weighted by molar-refractivity contribution is -0.183. The van der Waals surface area contributed by atoms with Gasteiger partial charge >= 0.3 is 5.97 Å². The molecule has 1 heterocycles. The van der Waals surface area contributed by atoms with Crippen LogP contribution in [0.1, 0.15) is 18.6 Å². The van der Waals surface area contributed by atoms with Crippen LogP contribution in [0.15, 0.2) is 24.3 Å². The summed E-state index contributed by atoms with van der Waals surface area (Å²) in [4.78, 5) is 10.8. The summed E-state index contributed by atoms with van der Waals surface area (Å²) in [5.41, 5.74) is 0.972. The molecule has 68 valence electrons. The molecule has 0 saturated carbocycles. The molecular weight excluding hydrogens is 188 g/mol. The number of cyclic esters (lactones) is 1. The summed E-state index contributed by atoms with van der Waals surface area (Å²) in [5.74, 6) is -0.177. The topological polar surface area (TPSA) is 26.3 Å². The number of hydrogen-bond acceptors (Lipinski definition) is 2. The zero-order valence-corrected chi connectivity index (χ0v) is 7.91. The first-order chi connectivity index (χ1) is 6.18. The highest BCUT2D eigenvalue weighted by Crippen LogP contribution is 2.36. The van der Waals surface area contributed by atoms with Crippen molar-refractivity contribution < 1.29 is 9.53 Å². The minimum atomic E-state index is -0.134. The summed E-state index contributed by atoms with van der Waals surface area (Å²) in [7, 11) is 0. The molecule has 0 spiro atoms. The van der Waals surface area contributed by atoms with Crippen LogP contribution in [0.25, 0.3) is 0 Å². The van der Waals surface area contributed by atoms with Gasteiger partial charge in [-0.25, -0.2) is 0 Å². The molecule has 1 aromatic carbocycles. The molecule has 1 aromatic rings. The Hall–Kier alpha value is -1.02. The summed E-state index contributed by atoms with van der Waals surface area (Å²) >= 11 is 5.81. The summed E-state index contributed by atoms with van der Waals surface area (Å²) in [6, 6.07) is 7.40. The number of carbonyl (C=O) groups excluding carboxylic acids is 1. The molecule has 1 aliphatic rings. The molecule has 0 N–H and O–H groups in total. The van der Waals surface area contributed by atoms with Crippen LogP contribution in [0.4, 0.5) is 0 Å². The number of esters is 1. The smallest absolute Gasteiger partial charge is 0.313 e. The fourth-order valence-electron chi connectivity index (χ4n) is 1.43. The van der Waals surface area contributed by atoms with E-state index in [-0.39, 0.29) is 18.0 Å². The average molecular weight is 197 g/mol. The van der Waals surface area contributed by atoms with Crippen LogP contribution in [-0.4, -0.2) is 5.97 Å². The molecule has 2 atom stereocenters. The van der Waals surface area contributed by atoms with Crippen molar-refractivity contribution >= 4 is 17.6 Å². The van der Waals surface area contributed by atoms with E-state index in [2.05, 4.69) is 0 Å². The largest absolute Gasteiger partial charge is 0.456 e. The van der Waals surface area contributed by atoms with Crippen LogP contribution in [0.3, 0.4) is 0 Å². The highest BCUT2D eigenvalue weighted by Gasteiger charge is 2.39. The molecule has 0 aromatic heterocycles. The van der Waals surface area contributed by atoms with E-state index in [1.807, 2.05) is 25.1 Å². The lowest BCUT2D eigenvalue weighted by atomic mass is 9.93. The Morgan fingerprint density at radius 1 is 1.46 bits per heavy atom. The van der Waals surface area contributed by atoms with Gasteiger partial charge in [0.05, 0.1) is 5.92 Å². The van der Waals surface area contributed by atoms with E-state index in [0.29, 0.717) is 5.02 Å². The van der Waals surface area contributed by atoms with Crippen molar-refractivity contribution in [2.45, 2.75) is 13.0 Å². The van der Waals surface area contributed by atoms with E-state index in [1.54, 1.807) is 6.07 Å². The minimum absolute atomic E-state index is 0.0431. The van der Waals surface area contributed by atoms with E-state index in [1.165, 1.54) is 0 Å². The second-order valence-corrected chi connectivity index (χ2v) is 3.64. The van der Waals surface area contributed by atoms with Crippen LogP contribution in [0, 0.1) is 5.92 Å². The number of carbonyl (C=O) groups is 1. The van der Waals surface area contributed by atoms with E-state index in [9.17, 15) is 4.79 Å². The van der Waals surface area contributed by atoms with Gasteiger partial charge in [-0.3, -0.25) is 4.79 Å². The van der Waals surface area contributed by atoms with Gasteiger partial charge in [0, 0.05) is 5.02 Å². The Balaban J connectivity index is 2.23. The highest BCUT2D eigenvalue weighted by atomic mass is 35.5. The third-order valence-electron chi connectivity index (χ3n) is 2.25. The molecule has 0 amide bonds. The van der Waals surface area contributed by atoms with Crippen molar-refractivity contribution in [2.75, 3.05) is 0 Å². The zero-order valence-electron chi connectivity index (χ0n) is 7.16. The van der Waals surface area contributed by atoms with Gasteiger partial charge in [0.2, 0.25) is 0 Å². The molecule has 1 fully saturated rings. The highest BCUT2D eigenvalue weighted by molar-refractivity contribution is 6.30. The summed E-state index contributed by atoms with van der Waals surface area (Å²) in [6.07, 6.45) is -0.105. The van der Waals surface area contributed by atoms with Gasteiger partial charge < -0.3 is 4.74 Å². The maximum absolute atomic E-state index is 10.8. The van der Waals surface area contributed by atoms with E-state index >= 15 is 0 Å². The van der Waals surface area contributed by atoms with Gasteiger partial charge in [0.1, 0.15) is 6.10 Å². The quantitative estimate of drug-likeness (QED) is 0.646. The van der Waals surface area contributed by atoms with E-state index < -0.39 is 0 Å². The van der Waals surface area contributed by atoms with Crippen molar-refractivity contribution in [3.8, 4) is 0 Å². The fourth-order valence-corrected chi connectivity index (χ4v) is 1.62. The average Bonchev–Trinajstić information content (AvgIpc) is 2.13. The normalized spacial score (nSPS) is 26.5. The van der Waals surface area contributed by atoms with Crippen LogP contribution in [0.2, 0.25) is 5.02 Å². The standard InChI is InChI=1S/C10H9ClO2/c1-6-9(13-10(6)12)7-3-2-4-8(11)5-7/h2-6,9H,1H3/t6-,9-/m1/s1. The number of halogens is 1. The Morgan fingerprint density at radius 2 is 2.23 bits per heavy atom. The summed E-state index contributed by atoms with van der Waals surface area (Å²) < 4.78 is 4.99. The Morgan fingerprint density at radius 3 is 2.77 bits per heavy atom. The number of ether oxygens (including phenoxy) is 1. The number of rotatable bonds is 1. The van der Waals surface area contributed by atoms with Crippen LogP contribution >= 0.6 is 11.6 Å². The molecule has 3 heteroatoms. The second-order valence-electron chi connectivity index (χ2n) is 3.20. The molecule has 13 heavy (non-hydrogen) atoms. The van der Waals surface area contributed by atoms with Gasteiger partial charge in [-0.15, -0.1) is 0 Å². The molecule has 2 rings (SSSR count). The maximum atomic E-state index is 10.8. The maximum Gasteiger partial charge on any atom is 0.313 e. The molecule has 0 unspecified atom stereocenters. The number of hydrogen-bond donors (Lipinski definition) is 0. The van der Waals surface area contributed by atoms with Gasteiger partial charge in [0.15, 0.2) is 0 Å². The Labute approximate surface area is 81.5 Å². The predicted molar refractivity (Wildman–Crippen MR) is 49.4 cm³/mol. The molecule has 0 radical (unpaired) electrons. The third-order valence-corrected chi connectivity index (χ3v) is 2.48. The monoisotopic (exact) mass is 196 g/mol. The second kappa shape index (κ2) is 3.04. The van der Waals surface area contributed by atoms with Crippen LogP contribution < -0.4 is 0 Å². The summed E-state index contributed by atoms with van der Waals surface area (Å²) in [6.45, 7) is 1.86. The number of benzene rings is 1. The SMILES string of the molecule is C[C@H]1C(=O)O[C@H]1c1cccc(Cl)c1. The minimum Gasteiger partial charge on any atom is -0.456 e. The fraction of sp³-hybridized carbons (Fsp3) is 0.300. The summed E-state index contributed by atoms with van der Waals surface area (Å²) in [5, 5.41) is 0.674. The van der Waals surface area contributed by atoms with Crippen molar-refractivity contribution in [1.82, 2.24) is 0 Å². The van der Waals surface area contributed by atoms with Gasteiger partial charge in [-0.2, -0.15) is 0 Å². The van der Waals surface area contributed by atoms with Gasteiger partial charge in [-0.05, 0) is 24.6 Å². The Kier molecular flexibility index (Phi) is 2.00. The van der Waals surface area contributed by atoms with E-state index in [4.69, 9.17) is 16.3 Å². The molecular formula is C10H9ClO2. The first-order valence-electron chi connectivity index (χ1n) is 4.14. The first-order valence-corrected chi connectivity index (χ1v) is 4.52. The molecule has 0 bridgehead atoms. The van der Waals surface area contributed by atoms with Crippen molar-refractivity contribution in [1.29, 1.82) is 0 Å². The molecule has 0 aliphatic carbocycles. The van der Waals surface area contributed by atoms with Crippen molar-refractivity contribution in [3.05, 3.63) is 34.9 Å². The molecule has 1 saturated heterocycles. The predicted octanol–water partition coefficient (Wildman–Crippen LogP) is 2.57. The Bertz CT molecular complexity index is 349. The third kappa shape index (κ3) is 1.42. The molecule has 2 nitrogen and oxygen atoms in total. The van der Waals surface area contributed by atoms with Crippen LogP contribution in [0.5, 0.6) is 0 Å². The lowest BCUT2D eigenvalue weighted by Crippen LogP contribution is -2.36. The van der Waals surface area contributed by atoms with Gasteiger partial charge in [0.25, 0.3) is 0 Å². The van der Waals surface area contributed by atoms with Crippen molar-refractivity contribution in [3.63, 3.8) is 0 Å². The van der Waals surface area contributed by atoms with E-state index in [0.717, 1.165) is 5.56 Å². The van der Waals surface area contributed by atoms with Gasteiger partial charge in [-0.1, -0.05) is 23.7 Å². The molecule has 1 aliphatic heterocycles. The lowest BCUT2D eigenvalue weighted by Gasteiger charge is -2.32. The first kappa shape index (κ1) is 8.57. The van der Waals surface area contributed by atoms with Crippen LogP contribution in [-0.2, 0) is 9.53 Å². The zero-order chi connectivity index (χ0) is 9.42. The van der Waals surface area contributed by atoms with Crippen molar-refractivity contribution in [2.24, 2.45) is 5.92 Å².